The molecular formula is C23H21NO5. The molecule has 0 unspecified atom stereocenters. The average molecular weight is 391 g/mol. The topological polar surface area (TPSA) is 87.8 Å². The highest BCUT2D eigenvalue weighted by atomic mass is 16.4. The second-order valence-corrected chi connectivity index (χ2v) is 7.78. The Morgan fingerprint density at radius 3 is 2.48 bits per heavy atom. The molecule has 29 heavy (non-hydrogen) atoms. The van der Waals surface area contributed by atoms with Gasteiger partial charge in [-0.2, -0.15) is 0 Å². The lowest BCUT2D eigenvalue weighted by Gasteiger charge is -2.20. The van der Waals surface area contributed by atoms with E-state index in [2.05, 4.69) is 0 Å². The molecule has 1 saturated heterocycles. The molecular weight excluding hydrogens is 370 g/mol. The molecule has 1 aliphatic heterocycles. The fraction of sp³-hybridized carbons (Fsp3) is 0.261. The Hall–Kier alpha value is -3.41. The summed E-state index contributed by atoms with van der Waals surface area (Å²) in [7, 11) is 0. The maximum Gasteiger partial charge on any atom is 0.311 e. The first-order valence-corrected chi connectivity index (χ1v) is 9.46. The van der Waals surface area contributed by atoms with Crippen molar-refractivity contribution in [2.45, 2.75) is 20.3 Å². The van der Waals surface area contributed by atoms with Crippen LogP contribution in [0.25, 0.3) is 22.3 Å². The summed E-state index contributed by atoms with van der Waals surface area (Å²) in [4.78, 5) is 39.2. The predicted octanol–water partition coefficient (Wildman–Crippen LogP) is 3.71. The van der Waals surface area contributed by atoms with Crippen LogP contribution in [0.15, 0.2) is 57.7 Å². The molecule has 6 heteroatoms. The van der Waals surface area contributed by atoms with Crippen LogP contribution >= 0.6 is 0 Å². The highest BCUT2D eigenvalue weighted by Crippen LogP contribution is 2.33. The number of para-hydroxylation sites is 1. The minimum Gasteiger partial charge on any atom is -0.481 e. The lowest BCUT2D eigenvalue weighted by atomic mass is 9.90. The van der Waals surface area contributed by atoms with Gasteiger partial charge in [0.1, 0.15) is 5.76 Å². The Balaban J connectivity index is 1.84. The van der Waals surface area contributed by atoms with Gasteiger partial charge < -0.3 is 14.4 Å². The number of hydrogen-bond donors (Lipinski definition) is 1. The fourth-order valence-corrected chi connectivity index (χ4v) is 3.82. The second-order valence-electron chi connectivity index (χ2n) is 7.78. The summed E-state index contributed by atoms with van der Waals surface area (Å²) in [6.45, 7) is 3.82. The molecule has 1 atom stereocenters. The van der Waals surface area contributed by atoms with E-state index in [1.807, 2.05) is 30.3 Å². The van der Waals surface area contributed by atoms with Crippen molar-refractivity contribution in [2.24, 2.45) is 5.41 Å². The summed E-state index contributed by atoms with van der Waals surface area (Å²) < 4.78 is 6.11. The number of hydrogen-bond acceptors (Lipinski definition) is 4. The quantitative estimate of drug-likeness (QED) is 0.735. The first kappa shape index (κ1) is 18.9. The van der Waals surface area contributed by atoms with E-state index < -0.39 is 11.4 Å². The van der Waals surface area contributed by atoms with Gasteiger partial charge in [-0.05, 0) is 32.4 Å². The molecule has 4 rings (SSSR count). The number of likely N-dealkylation sites (tertiary alicyclic amines) is 1. The van der Waals surface area contributed by atoms with E-state index in [1.54, 1.807) is 32.0 Å². The first-order valence-electron chi connectivity index (χ1n) is 9.46. The van der Waals surface area contributed by atoms with Gasteiger partial charge in [0.15, 0.2) is 11.0 Å². The number of rotatable bonds is 3. The van der Waals surface area contributed by atoms with Crippen molar-refractivity contribution >= 4 is 22.8 Å². The van der Waals surface area contributed by atoms with Crippen LogP contribution in [0, 0.1) is 12.3 Å². The number of nitrogens with zero attached hydrogens (tertiary/aromatic N) is 1. The van der Waals surface area contributed by atoms with Gasteiger partial charge in [0.05, 0.1) is 16.4 Å². The predicted molar refractivity (Wildman–Crippen MR) is 109 cm³/mol. The smallest absolute Gasteiger partial charge is 0.311 e. The van der Waals surface area contributed by atoms with E-state index >= 15 is 0 Å². The summed E-state index contributed by atoms with van der Waals surface area (Å²) in [6, 6.07) is 14.2. The molecule has 0 aliphatic carbocycles. The Labute approximate surface area is 167 Å². The summed E-state index contributed by atoms with van der Waals surface area (Å²) in [6.07, 6.45) is 0.386. The van der Waals surface area contributed by atoms with Crippen molar-refractivity contribution in [3.8, 4) is 11.3 Å². The first-order chi connectivity index (χ1) is 13.8. The summed E-state index contributed by atoms with van der Waals surface area (Å²) in [5, 5.41) is 9.79. The molecule has 2 heterocycles. The molecule has 1 fully saturated rings. The highest BCUT2D eigenvalue weighted by Gasteiger charge is 2.42. The Morgan fingerprint density at radius 2 is 1.83 bits per heavy atom. The Bertz CT molecular complexity index is 1180. The van der Waals surface area contributed by atoms with Gasteiger partial charge >= 0.3 is 5.97 Å². The van der Waals surface area contributed by atoms with Crippen LogP contribution < -0.4 is 5.43 Å². The molecule has 0 bridgehead atoms. The van der Waals surface area contributed by atoms with E-state index in [0.717, 1.165) is 5.56 Å². The average Bonchev–Trinajstić information content (AvgIpc) is 3.14. The van der Waals surface area contributed by atoms with E-state index in [-0.39, 0.29) is 29.0 Å². The maximum absolute atomic E-state index is 13.2. The van der Waals surface area contributed by atoms with Gasteiger partial charge in [0.25, 0.3) is 5.91 Å². The molecule has 6 nitrogen and oxygen atoms in total. The normalized spacial score (nSPS) is 18.9. The van der Waals surface area contributed by atoms with Gasteiger partial charge in [-0.15, -0.1) is 0 Å². The number of carboxylic acids is 1. The number of amides is 1. The zero-order valence-electron chi connectivity index (χ0n) is 16.3. The van der Waals surface area contributed by atoms with Crippen molar-refractivity contribution in [3.63, 3.8) is 0 Å². The zero-order valence-corrected chi connectivity index (χ0v) is 16.3. The minimum atomic E-state index is -0.965. The van der Waals surface area contributed by atoms with Crippen molar-refractivity contribution in [3.05, 3.63) is 69.9 Å². The van der Waals surface area contributed by atoms with Crippen molar-refractivity contribution in [1.82, 2.24) is 4.90 Å². The third-order valence-electron chi connectivity index (χ3n) is 5.69. The molecule has 1 aromatic heterocycles. The molecule has 2 aromatic carbocycles. The lowest BCUT2D eigenvalue weighted by Crippen LogP contribution is -2.35. The Kier molecular flexibility index (Phi) is 4.49. The van der Waals surface area contributed by atoms with Crippen molar-refractivity contribution in [1.29, 1.82) is 0 Å². The van der Waals surface area contributed by atoms with Gasteiger partial charge in [-0.1, -0.05) is 36.4 Å². The number of carbonyl (C=O) groups excluding carboxylic acids is 1. The number of carboxylic acid groups (broad SMARTS) is 1. The second kappa shape index (κ2) is 6.88. The van der Waals surface area contributed by atoms with Gasteiger partial charge in [-0.25, -0.2) is 0 Å². The highest BCUT2D eigenvalue weighted by molar-refractivity contribution is 6.05. The molecule has 1 amide bonds. The van der Waals surface area contributed by atoms with E-state index in [1.165, 1.54) is 4.90 Å². The number of fused-ring (bicyclic) bond motifs is 1. The maximum atomic E-state index is 13.2. The van der Waals surface area contributed by atoms with Gasteiger partial charge in [-0.3, -0.25) is 14.4 Å². The molecule has 3 aromatic rings. The molecule has 0 radical (unpaired) electrons. The molecule has 148 valence electrons. The zero-order chi connectivity index (χ0) is 20.8. The molecule has 0 saturated carbocycles. The standard InChI is InChI=1S/C23H21NO5/c1-14-18(25)16-9-6-10-17(20(16)29-19(14)15-7-4-3-5-8-15)21(26)24-12-11-23(2,13-24)22(27)28/h3-10H,11-13H2,1-2H3,(H,27,28)/t23-/m0/s1. The van der Waals surface area contributed by atoms with E-state index in [4.69, 9.17) is 4.42 Å². The summed E-state index contributed by atoms with van der Waals surface area (Å²) in [5.41, 5.74) is 0.588. The summed E-state index contributed by atoms with van der Waals surface area (Å²) in [5.74, 6) is -0.814. The van der Waals surface area contributed by atoms with Crippen LogP contribution in [0.2, 0.25) is 0 Å². The Morgan fingerprint density at radius 1 is 1.10 bits per heavy atom. The lowest BCUT2D eigenvalue weighted by molar-refractivity contribution is -0.147. The SMILES string of the molecule is Cc1c(-c2ccccc2)oc2c(C(=O)N3CC[C@](C)(C(=O)O)C3)cccc2c1=O. The largest absolute Gasteiger partial charge is 0.481 e. The molecule has 1 aliphatic rings. The van der Waals surface area contributed by atoms with Gasteiger partial charge in [0.2, 0.25) is 0 Å². The molecule has 0 spiro atoms. The van der Waals surface area contributed by atoms with Crippen LogP contribution in [0.5, 0.6) is 0 Å². The third-order valence-corrected chi connectivity index (χ3v) is 5.69. The third kappa shape index (κ3) is 3.10. The van der Waals surface area contributed by atoms with Crippen LogP contribution in [-0.4, -0.2) is 35.0 Å². The van der Waals surface area contributed by atoms with E-state index in [0.29, 0.717) is 29.7 Å². The summed E-state index contributed by atoms with van der Waals surface area (Å²) >= 11 is 0. The van der Waals surface area contributed by atoms with Crippen molar-refractivity contribution in [2.75, 3.05) is 13.1 Å². The van der Waals surface area contributed by atoms with Crippen LogP contribution in [0.4, 0.5) is 0 Å². The minimum absolute atomic E-state index is 0.124. The van der Waals surface area contributed by atoms with Crippen molar-refractivity contribution < 1.29 is 19.1 Å². The fourth-order valence-electron chi connectivity index (χ4n) is 3.82. The monoisotopic (exact) mass is 391 g/mol. The van der Waals surface area contributed by atoms with E-state index in [9.17, 15) is 19.5 Å². The number of aliphatic carboxylic acids is 1. The van der Waals surface area contributed by atoms with Gasteiger partial charge in [0, 0.05) is 24.2 Å². The van der Waals surface area contributed by atoms with Crippen LogP contribution in [0.1, 0.15) is 29.3 Å². The number of carbonyl (C=O) groups is 2. The number of benzene rings is 2. The van der Waals surface area contributed by atoms with Crippen LogP contribution in [0.3, 0.4) is 0 Å². The van der Waals surface area contributed by atoms with Crippen LogP contribution in [-0.2, 0) is 4.79 Å². The molecule has 1 N–H and O–H groups in total.